The number of rotatable bonds is 12. The number of likely N-dealkylation sites (tertiary alicyclic amines) is 1. The fourth-order valence-electron chi connectivity index (χ4n) is 3.68. The largest absolute Gasteiger partial charge is 0.459 e. The summed E-state index contributed by atoms with van der Waals surface area (Å²) in [6, 6.07) is 2.40. The molecule has 1 aliphatic heterocycles. The van der Waals surface area contributed by atoms with Crippen molar-refractivity contribution in [3.05, 3.63) is 42.0 Å². The minimum atomic E-state index is -4.47. The molecular weight excluding hydrogens is 580 g/mol. The molecule has 1 amide bonds. The van der Waals surface area contributed by atoms with Gasteiger partial charge in [-0.25, -0.2) is 4.79 Å². The minimum Gasteiger partial charge on any atom is -0.459 e. The Morgan fingerprint density at radius 3 is 2.33 bits per heavy atom. The van der Waals surface area contributed by atoms with Crippen LogP contribution in [0.2, 0.25) is 0 Å². The number of ether oxygens (including phenoxy) is 1. The summed E-state index contributed by atoms with van der Waals surface area (Å²) < 4.78 is 42.1. The van der Waals surface area contributed by atoms with Crippen LogP contribution >= 0.6 is 34.8 Å². The number of β-lactam (4-membered cyclic amide) rings is 1. The Hall–Kier alpha value is -1.07. The van der Waals surface area contributed by atoms with Gasteiger partial charge in [0.1, 0.15) is 18.0 Å². The van der Waals surface area contributed by atoms with Crippen LogP contribution in [0.3, 0.4) is 0 Å². The smallest absolute Gasteiger partial charge is 0.416 e. The Morgan fingerprint density at radius 2 is 1.83 bits per heavy atom. The number of halogens is 6. The van der Waals surface area contributed by atoms with E-state index in [0.717, 1.165) is 37.8 Å². The molecule has 1 saturated heterocycles. The van der Waals surface area contributed by atoms with E-state index >= 15 is 0 Å². The number of anilines is 1. The number of hydrogen-bond acceptors (Lipinski definition) is 5. The summed E-state index contributed by atoms with van der Waals surface area (Å²) in [4.78, 5) is 27.4. The van der Waals surface area contributed by atoms with Crippen molar-refractivity contribution in [3.8, 4) is 0 Å². The number of carbonyl (C=O) groups is 2. The molecule has 202 valence electrons. The molecule has 1 heterocycles. The van der Waals surface area contributed by atoms with Crippen LogP contribution < -0.4 is 5.32 Å². The van der Waals surface area contributed by atoms with Gasteiger partial charge in [-0.1, -0.05) is 77.0 Å². The molecule has 0 spiro atoms. The Bertz CT molecular complexity index is 972. The third-order valence-corrected chi connectivity index (χ3v) is 8.58. The summed E-state index contributed by atoms with van der Waals surface area (Å²) >= 11 is 22.8. The molecule has 1 aromatic rings. The summed E-state index contributed by atoms with van der Waals surface area (Å²) in [6.45, 7) is 6.97. The topological polar surface area (TPSA) is 58.6 Å². The van der Waals surface area contributed by atoms with E-state index < -0.39 is 60.9 Å². The third-order valence-electron chi connectivity index (χ3n) is 5.43. The molecule has 0 aliphatic carbocycles. The van der Waals surface area contributed by atoms with Crippen molar-refractivity contribution in [3.63, 3.8) is 0 Å². The highest BCUT2D eigenvalue weighted by Crippen LogP contribution is 2.34. The molecule has 1 N–H and O–H groups in total. The van der Waals surface area contributed by atoms with Gasteiger partial charge in [0.15, 0.2) is 6.04 Å². The van der Waals surface area contributed by atoms with Crippen molar-refractivity contribution in [1.29, 1.82) is 0 Å². The van der Waals surface area contributed by atoms with Crippen molar-refractivity contribution in [2.75, 3.05) is 17.7 Å². The predicted molar refractivity (Wildman–Crippen MR) is 143 cm³/mol. The van der Waals surface area contributed by atoms with Gasteiger partial charge in [-0.15, -0.1) is 0 Å². The molecule has 1 aromatic carbocycles. The highest BCUT2D eigenvalue weighted by atomic mass is 35.6. The lowest BCUT2D eigenvalue weighted by molar-refractivity contribution is -0.160. The fraction of sp³-hybridized carbons (Fsp3) is 0.565. The molecule has 5 nitrogen and oxygen atoms in total. The molecule has 4 atom stereocenters. The summed E-state index contributed by atoms with van der Waals surface area (Å²) in [5.74, 6) is -0.617. The first kappa shape index (κ1) is 31.1. The molecule has 0 aromatic heterocycles. The van der Waals surface area contributed by atoms with Crippen molar-refractivity contribution in [2.24, 2.45) is 0 Å². The van der Waals surface area contributed by atoms with Gasteiger partial charge in [0, 0.05) is 11.4 Å². The Labute approximate surface area is 231 Å². The van der Waals surface area contributed by atoms with Crippen LogP contribution in [0, 0.1) is 0 Å². The van der Waals surface area contributed by atoms with Crippen LogP contribution in [0.4, 0.5) is 18.9 Å². The van der Waals surface area contributed by atoms with Gasteiger partial charge in [0.2, 0.25) is 9.70 Å². The van der Waals surface area contributed by atoms with Crippen molar-refractivity contribution >= 4 is 73.0 Å². The van der Waals surface area contributed by atoms with Gasteiger partial charge in [0.25, 0.3) is 0 Å². The number of nitrogens with zero attached hydrogens (tertiary/aromatic N) is 1. The summed E-state index contributed by atoms with van der Waals surface area (Å²) in [5, 5.41) is 2.41. The van der Waals surface area contributed by atoms with Crippen molar-refractivity contribution in [1.82, 2.24) is 4.90 Å². The van der Waals surface area contributed by atoms with Crippen LogP contribution in [0.5, 0.6) is 0 Å². The lowest BCUT2D eigenvalue weighted by Gasteiger charge is -2.51. The highest BCUT2D eigenvalue weighted by molar-refractivity contribution is 8.29. The second-order valence-corrected chi connectivity index (χ2v) is 13.9. The number of hydrogen-bond donors (Lipinski definition) is 1. The summed E-state index contributed by atoms with van der Waals surface area (Å²) in [5.41, 5.74) is -0.132. The van der Waals surface area contributed by atoms with E-state index in [2.05, 4.69) is 18.8 Å². The monoisotopic (exact) mass is 606 g/mol. The van der Waals surface area contributed by atoms with Gasteiger partial charge in [-0.05, 0) is 54.4 Å². The molecule has 1 fully saturated rings. The Kier molecular flexibility index (Phi) is 11.4. The molecule has 0 bridgehead atoms. The van der Waals surface area contributed by atoms with E-state index in [9.17, 15) is 22.8 Å². The maximum absolute atomic E-state index is 13.2. The zero-order valence-electron chi connectivity index (χ0n) is 19.7. The molecule has 0 radical (unpaired) electrons. The Balaban J connectivity index is 2.28. The van der Waals surface area contributed by atoms with Crippen LogP contribution in [0.1, 0.15) is 45.1 Å². The zero-order chi connectivity index (χ0) is 27.3. The van der Waals surface area contributed by atoms with Gasteiger partial charge < -0.3 is 15.0 Å². The van der Waals surface area contributed by atoms with Crippen LogP contribution in [-0.2, 0) is 41.1 Å². The molecule has 13 heteroatoms. The minimum absolute atomic E-state index is 0.328. The molecule has 0 saturated carbocycles. The van der Waals surface area contributed by atoms with Gasteiger partial charge >= 0.3 is 12.1 Å². The molecule has 4 unspecified atom stereocenters. The van der Waals surface area contributed by atoms with Gasteiger partial charge in [-0.3, -0.25) is 4.79 Å². The number of benzene rings is 1. The summed E-state index contributed by atoms with van der Waals surface area (Å²) in [6.07, 6.45) is -0.558. The van der Waals surface area contributed by atoms with Gasteiger partial charge in [-0.2, -0.15) is 13.2 Å². The van der Waals surface area contributed by atoms with Crippen LogP contribution in [-0.4, -0.2) is 50.4 Å². The van der Waals surface area contributed by atoms with Crippen molar-refractivity contribution in [2.45, 2.75) is 67.0 Å². The molecule has 1 aliphatic rings. The number of unbranched alkanes of at least 4 members (excludes halogenated alkanes) is 3. The normalized spacial score (nSPS) is 19.9. The lowest BCUT2D eigenvalue weighted by Crippen LogP contribution is -2.73. The predicted octanol–water partition coefficient (Wildman–Crippen LogP) is 6.17. The number of esters is 1. The van der Waals surface area contributed by atoms with E-state index in [1.807, 2.05) is 0 Å². The maximum atomic E-state index is 13.2. The van der Waals surface area contributed by atoms with E-state index in [1.54, 1.807) is 6.92 Å². The second kappa shape index (κ2) is 13.1. The first-order chi connectivity index (χ1) is 16.7. The number of nitrogens with one attached hydrogen (secondary N) is 1. The number of carbonyl (C=O) groups excluding carboxylic acids is 2. The summed E-state index contributed by atoms with van der Waals surface area (Å²) in [7, 11) is -0.760. The van der Waals surface area contributed by atoms with Gasteiger partial charge in [0.05, 0.1) is 5.56 Å². The zero-order valence-corrected chi connectivity index (χ0v) is 23.6. The van der Waals surface area contributed by atoms with Crippen molar-refractivity contribution < 1.29 is 27.5 Å². The number of alkyl halides is 6. The number of amides is 1. The standard InChI is InChI=1S/C23H28Cl3F3N2O3S2/c1-4-5-6-7-12-36(35)20-17(30-16-10-8-15(9-11-16)23(27,28)29)19(32)31(20)18(14(2)3)21(33)34-13-22(24,25)26/h8-11,17-18,20,30H,2,4-7,12-13H2,1,3H3. The van der Waals surface area contributed by atoms with E-state index in [4.69, 9.17) is 50.7 Å². The van der Waals surface area contributed by atoms with E-state index in [0.29, 0.717) is 17.0 Å². The molecule has 36 heavy (non-hydrogen) atoms. The quantitative estimate of drug-likeness (QED) is 0.101. The van der Waals surface area contributed by atoms with Crippen LogP contribution in [0.25, 0.3) is 0 Å². The SMILES string of the molecule is C=C(C)C(C(=O)OCC(Cl)(Cl)Cl)N1C(=O)C(Nc2ccc(C(F)(F)F)cc2)C1S(=S)CCCCCC. The average molecular weight is 608 g/mol. The maximum Gasteiger partial charge on any atom is 0.416 e. The molecular formula is C23H28Cl3F3N2O3S2. The average Bonchev–Trinajstić information content (AvgIpc) is 2.78. The first-order valence-electron chi connectivity index (χ1n) is 11.2. The van der Waals surface area contributed by atoms with E-state index in [1.165, 1.54) is 17.0 Å². The second-order valence-electron chi connectivity index (χ2n) is 8.45. The Morgan fingerprint density at radius 1 is 1.22 bits per heavy atom. The lowest BCUT2D eigenvalue weighted by atomic mass is 9.99. The van der Waals surface area contributed by atoms with Crippen LogP contribution in [0.15, 0.2) is 36.4 Å². The fourth-order valence-corrected chi connectivity index (χ4v) is 6.51. The van der Waals surface area contributed by atoms with E-state index in [-0.39, 0.29) is 0 Å². The first-order valence-corrected chi connectivity index (χ1v) is 14.7. The molecule has 2 rings (SSSR count). The highest BCUT2D eigenvalue weighted by Gasteiger charge is 2.54. The third kappa shape index (κ3) is 8.48.